The number of hydrogen-bond donors (Lipinski definition) is 1. The van der Waals surface area contributed by atoms with Crippen LogP contribution >= 0.6 is 11.6 Å². The van der Waals surface area contributed by atoms with Gasteiger partial charge in [-0.1, -0.05) is 39.0 Å². The predicted octanol–water partition coefficient (Wildman–Crippen LogP) is 4.12. The summed E-state index contributed by atoms with van der Waals surface area (Å²) in [6.07, 6.45) is 3.21. The van der Waals surface area contributed by atoms with E-state index in [4.69, 9.17) is 11.6 Å². The van der Waals surface area contributed by atoms with Gasteiger partial charge in [-0.3, -0.25) is 4.79 Å². The smallest absolute Gasteiger partial charge is 0.251 e. The van der Waals surface area contributed by atoms with Crippen molar-refractivity contribution in [2.75, 3.05) is 6.54 Å². The van der Waals surface area contributed by atoms with Crippen LogP contribution in [0.3, 0.4) is 0 Å². The monoisotopic (exact) mass is 293 g/mol. The third-order valence-corrected chi connectivity index (χ3v) is 4.40. The van der Waals surface area contributed by atoms with E-state index in [1.54, 1.807) is 0 Å². The van der Waals surface area contributed by atoms with Crippen molar-refractivity contribution in [1.82, 2.24) is 5.32 Å². The number of carbonyl (C=O) groups is 1. The van der Waals surface area contributed by atoms with Crippen LogP contribution in [0.15, 0.2) is 24.3 Å². The van der Waals surface area contributed by atoms with Crippen LogP contribution in [0.1, 0.15) is 56.0 Å². The lowest BCUT2D eigenvalue weighted by Crippen LogP contribution is -2.30. The first-order valence-corrected chi connectivity index (χ1v) is 7.83. The Labute approximate surface area is 126 Å². The van der Waals surface area contributed by atoms with E-state index >= 15 is 0 Å². The van der Waals surface area contributed by atoms with E-state index in [-0.39, 0.29) is 11.3 Å². The number of halogens is 1. The molecule has 20 heavy (non-hydrogen) atoms. The number of amides is 1. The molecule has 2 atom stereocenters. The number of rotatable bonds is 3. The van der Waals surface area contributed by atoms with E-state index < -0.39 is 0 Å². The van der Waals surface area contributed by atoms with Crippen molar-refractivity contribution in [1.29, 1.82) is 0 Å². The van der Waals surface area contributed by atoms with Crippen LogP contribution in [-0.2, 0) is 5.41 Å². The fraction of sp³-hybridized carbons (Fsp3) is 0.588. The molecule has 0 aliphatic heterocycles. The zero-order chi connectivity index (χ0) is 14.8. The number of nitrogens with one attached hydrogen (secondary N) is 1. The van der Waals surface area contributed by atoms with E-state index in [2.05, 4.69) is 26.1 Å². The summed E-state index contributed by atoms with van der Waals surface area (Å²) in [6.45, 7) is 7.14. The molecule has 1 aliphatic rings. The second-order valence-corrected chi connectivity index (χ2v) is 7.40. The molecule has 1 amide bonds. The molecule has 1 N–H and O–H groups in total. The minimum atomic E-state index is -0.0253. The van der Waals surface area contributed by atoms with Gasteiger partial charge in [-0.2, -0.15) is 0 Å². The largest absolute Gasteiger partial charge is 0.352 e. The summed E-state index contributed by atoms with van der Waals surface area (Å²) in [6, 6.07) is 7.87. The summed E-state index contributed by atoms with van der Waals surface area (Å²) in [5.74, 6) is 0.566. The van der Waals surface area contributed by atoms with Gasteiger partial charge in [0, 0.05) is 17.5 Å². The quantitative estimate of drug-likeness (QED) is 0.835. The van der Waals surface area contributed by atoms with Gasteiger partial charge in [0.25, 0.3) is 5.91 Å². The summed E-state index contributed by atoms with van der Waals surface area (Å²) >= 11 is 6.11. The van der Waals surface area contributed by atoms with Crippen LogP contribution in [0.25, 0.3) is 0 Å². The molecule has 1 aromatic carbocycles. The molecule has 2 nitrogen and oxygen atoms in total. The fourth-order valence-corrected chi connectivity index (χ4v) is 3.24. The Hall–Kier alpha value is -1.02. The highest BCUT2D eigenvalue weighted by Crippen LogP contribution is 2.29. The average molecular weight is 294 g/mol. The second kappa shape index (κ2) is 6.17. The molecule has 0 saturated heterocycles. The molecule has 0 bridgehead atoms. The van der Waals surface area contributed by atoms with Gasteiger partial charge in [0.1, 0.15) is 0 Å². The number of benzene rings is 1. The van der Waals surface area contributed by atoms with Crippen LogP contribution < -0.4 is 5.32 Å². The zero-order valence-corrected chi connectivity index (χ0v) is 13.3. The predicted molar refractivity (Wildman–Crippen MR) is 84.5 cm³/mol. The lowest BCUT2D eigenvalue weighted by atomic mass is 9.83. The maximum absolute atomic E-state index is 12.4. The van der Waals surface area contributed by atoms with Gasteiger partial charge in [0.05, 0.1) is 0 Å². The molecule has 1 fully saturated rings. The number of hydrogen-bond acceptors (Lipinski definition) is 1. The van der Waals surface area contributed by atoms with Gasteiger partial charge in [0.15, 0.2) is 0 Å². The fourth-order valence-electron chi connectivity index (χ4n) is 2.87. The van der Waals surface area contributed by atoms with Gasteiger partial charge in [-0.05, 0) is 42.2 Å². The molecule has 2 rings (SSSR count). The third-order valence-electron chi connectivity index (χ3n) is 4.01. The SMILES string of the molecule is CC(C)(C)c1ccccc1C(=O)NCC1CCC(Cl)C1. The van der Waals surface area contributed by atoms with Gasteiger partial charge in [-0.15, -0.1) is 11.6 Å². The van der Waals surface area contributed by atoms with Crippen molar-refractivity contribution >= 4 is 17.5 Å². The molecular formula is C17H24ClNO. The standard InChI is InChI=1S/C17H24ClNO/c1-17(2,3)15-7-5-4-6-14(15)16(20)19-11-12-8-9-13(18)10-12/h4-7,12-13H,8-11H2,1-3H3,(H,19,20). The molecule has 1 aliphatic carbocycles. The first-order chi connectivity index (χ1) is 9.38. The molecule has 110 valence electrons. The molecule has 0 spiro atoms. The molecule has 1 aromatic rings. The van der Waals surface area contributed by atoms with E-state index in [9.17, 15) is 4.79 Å². The summed E-state index contributed by atoms with van der Waals surface area (Å²) in [5, 5.41) is 3.37. The first kappa shape index (κ1) is 15.4. The summed E-state index contributed by atoms with van der Waals surface area (Å²) < 4.78 is 0. The third kappa shape index (κ3) is 3.76. The van der Waals surface area contributed by atoms with E-state index in [0.29, 0.717) is 11.3 Å². The summed E-state index contributed by atoms with van der Waals surface area (Å²) in [4.78, 5) is 12.4. The van der Waals surface area contributed by atoms with Crippen LogP contribution in [-0.4, -0.2) is 17.8 Å². The molecule has 0 radical (unpaired) electrons. The maximum atomic E-state index is 12.4. The van der Waals surface area contributed by atoms with Gasteiger partial charge in [0.2, 0.25) is 0 Å². The van der Waals surface area contributed by atoms with Gasteiger partial charge in [-0.25, -0.2) is 0 Å². The second-order valence-electron chi connectivity index (χ2n) is 6.78. The highest BCUT2D eigenvalue weighted by molar-refractivity contribution is 6.20. The normalized spacial score (nSPS) is 22.8. The molecular weight excluding hydrogens is 270 g/mol. The minimum absolute atomic E-state index is 0.0253. The summed E-state index contributed by atoms with van der Waals surface area (Å²) in [7, 11) is 0. The first-order valence-electron chi connectivity index (χ1n) is 7.39. The Bertz CT molecular complexity index is 478. The van der Waals surface area contributed by atoms with Crippen LogP contribution in [0.5, 0.6) is 0 Å². The van der Waals surface area contributed by atoms with Crippen molar-refractivity contribution in [2.45, 2.75) is 50.8 Å². The van der Waals surface area contributed by atoms with Crippen molar-refractivity contribution in [3.8, 4) is 0 Å². The Kier molecular flexibility index (Phi) is 4.74. The summed E-state index contributed by atoms with van der Waals surface area (Å²) in [5.41, 5.74) is 1.86. The van der Waals surface area contributed by atoms with Crippen molar-refractivity contribution in [2.24, 2.45) is 5.92 Å². The van der Waals surface area contributed by atoms with Crippen LogP contribution in [0, 0.1) is 5.92 Å². The minimum Gasteiger partial charge on any atom is -0.352 e. The van der Waals surface area contributed by atoms with Crippen molar-refractivity contribution in [3.63, 3.8) is 0 Å². The molecule has 1 saturated carbocycles. The molecule has 0 heterocycles. The average Bonchev–Trinajstić information content (AvgIpc) is 2.81. The Morgan fingerprint density at radius 3 is 2.60 bits per heavy atom. The van der Waals surface area contributed by atoms with Crippen LogP contribution in [0.2, 0.25) is 0 Å². The Morgan fingerprint density at radius 2 is 2.00 bits per heavy atom. The molecule has 2 unspecified atom stereocenters. The lowest BCUT2D eigenvalue weighted by molar-refractivity contribution is 0.0945. The Balaban J connectivity index is 2.02. The zero-order valence-electron chi connectivity index (χ0n) is 12.6. The lowest BCUT2D eigenvalue weighted by Gasteiger charge is -2.22. The number of carbonyl (C=O) groups excluding carboxylic acids is 1. The van der Waals surface area contributed by atoms with Gasteiger partial charge < -0.3 is 5.32 Å². The topological polar surface area (TPSA) is 29.1 Å². The highest BCUT2D eigenvalue weighted by Gasteiger charge is 2.25. The highest BCUT2D eigenvalue weighted by atomic mass is 35.5. The molecule has 0 aromatic heterocycles. The van der Waals surface area contributed by atoms with Gasteiger partial charge >= 0.3 is 0 Å². The number of alkyl halides is 1. The van der Waals surface area contributed by atoms with Crippen LogP contribution in [0.4, 0.5) is 0 Å². The van der Waals surface area contributed by atoms with Crippen molar-refractivity contribution < 1.29 is 4.79 Å². The van der Waals surface area contributed by atoms with E-state index in [1.807, 2.05) is 24.3 Å². The van der Waals surface area contributed by atoms with Crippen molar-refractivity contribution in [3.05, 3.63) is 35.4 Å². The molecule has 3 heteroatoms. The van der Waals surface area contributed by atoms with E-state index in [0.717, 1.165) is 36.9 Å². The van der Waals surface area contributed by atoms with E-state index in [1.165, 1.54) is 0 Å². The Morgan fingerprint density at radius 1 is 1.30 bits per heavy atom. The maximum Gasteiger partial charge on any atom is 0.251 e.